The van der Waals surface area contributed by atoms with E-state index in [0.29, 0.717) is 5.56 Å². The SMILES string of the molecule is COc1cc([C@H](N)CCO)cc([N+](=O)[O-])c1O.Cl. The first-order chi connectivity index (χ1) is 8.01. The fourth-order valence-electron chi connectivity index (χ4n) is 1.43. The molecule has 7 nitrogen and oxygen atoms in total. The highest BCUT2D eigenvalue weighted by Gasteiger charge is 2.21. The zero-order valence-electron chi connectivity index (χ0n) is 9.70. The van der Waals surface area contributed by atoms with Crippen LogP contribution in [0, 0.1) is 10.1 Å². The standard InChI is InChI=1S/C10H14N2O5.ClH/c1-17-9-5-6(7(11)2-3-13)4-8(10(9)14)12(15)16;/h4-5,7,13-14H,2-3,11H2,1H3;1H/t7-;/m1./s1. The molecule has 8 heteroatoms. The van der Waals surface area contributed by atoms with Gasteiger partial charge in [0, 0.05) is 18.7 Å². The van der Waals surface area contributed by atoms with Gasteiger partial charge < -0.3 is 20.7 Å². The van der Waals surface area contributed by atoms with Gasteiger partial charge in [0.15, 0.2) is 5.75 Å². The first kappa shape index (κ1) is 16.4. The molecule has 102 valence electrons. The summed E-state index contributed by atoms with van der Waals surface area (Å²) in [6, 6.07) is 2.05. The van der Waals surface area contributed by atoms with Gasteiger partial charge in [0.2, 0.25) is 5.75 Å². The fraction of sp³-hybridized carbons (Fsp3) is 0.400. The molecule has 4 N–H and O–H groups in total. The summed E-state index contributed by atoms with van der Waals surface area (Å²) in [6.07, 6.45) is 0.269. The van der Waals surface area contributed by atoms with Crippen LogP contribution in [0.1, 0.15) is 18.0 Å². The van der Waals surface area contributed by atoms with Crippen molar-refractivity contribution in [3.8, 4) is 11.5 Å². The Hall–Kier alpha value is -1.57. The monoisotopic (exact) mass is 278 g/mol. The molecule has 0 bridgehead atoms. The van der Waals surface area contributed by atoms with Crippen molar-refractivity contribution >= 4 is 18.1 Å². The number of nitrogens with two attached hydrogens (primary N) is 1. The van der Waals surface area contributed by atoms with Crippen molar-refractivity contribution in [1.82, 2.24) is 0 Å². The van der Waals surface area contributed by atoms with Gasteiger partial charge in [0.25, 0.3) is 0 Å². The molecule has 0 aromatic heterocycles. The van der Waals surface area contributed by atoms with E-state index < -0.39 is 22.4 Å². The molecule has 1 aromatic carbocycles. The van der Waals surface area contributed by atoms with Crippen LogP contribution in [0.2, 0.25) is 0 Å². The second-order valence-electron chi connectivity index (χ2n) is 3.47. The largest absolute Gasteiger partial charge is 0.500 e. The van der Waals surface area contributed by atoms with Crippen LogP contribution in [0.15, 0.2) is 12.1 Å². The molecule has 0 heterocycles. The molecule has 0 aliphatic rings. The summed E-state index contributed by atoms with van der Waals surface area (Å²) in [5, 5.41) is 29.0. The number of hydrogen-bond donors (Lipinski definition) is 3. The molecule has 0 aliphatic carbocycles. The summed E-state index contributed by atoms with van der Waals surface area (Å²) >= 11 is 0. The summed E-state index contributed by atoms with van der Waals surface area (Å²) in [5.41, 5.74) is 5.69. The fourth-order valence-corrected chi connectivity index (χ4v) is 1.43. The number of halogens is 1. The van der Waals surface area contributed by atoms with Crippen LogP contribution in [-0.4, -0.2) is 28.9 Å². The van der Waals surface area contributed by atoms with Gasteiger partial charge in [-0.15, -0.1) is 12.4 Å². The predicted molar refractivity (Wildman–Crippen MR) is 67.2 cm³/mol. The quantitative estimate of drug-likeness (QED) is 0.548. The topological polar surface area (TPSA) is 119 Å². The minimum absolute atomic E-state index is 0. The van der Waals surface area contributed by atoms with Gasteiger partial charge in [-0.1, -0.05) is 0 Å². The Balaban J connectivity index is 0.00000289. The van der Waals surface area contributed by atoms with E-state index in [2.05, 4.69) is 0 Å². The highest BCUT2D eigenvalue weighted by Crippen LogP contribution is 2.38. The maximum Gasteiger partial charge on any atom is 0.314 e. The van der Waals surface area contributed by atoms with Crippen molar-refractivity contribution in [2.45, 2.75) is 12.5 Å². The number of aliphatic hydroxyl groups excluding tert-OH is 1. The molecule has 0 unspecified atom stereocenters. The van der Waals surface area contributed by atoms with Crippen molar-refractivity contribution in [3.63, 3.8) is 0 Å². The van der Waals surface area contributed by atoms with Gasteiger partial charge >= 0.3 is 5.69 Å². The Morgan fingerprint density at radius 2 is 2.17 bits per heavy atom. The molecule has 0 amide bonds. The molecule has 1 aromatic rings. The molecule has 1 atom stereocenters. The number of phenols is 1. The van der Waals surface area contributed by atoms with Crippen molar-refractivity contribution in [2.75, 3.05) is 13.7 Å². The van der Waals surface area contributed by atoms with Crippen molar-refractivity contribution < 1.29 is 19.9 Å². The predicted octanol–water partition coefficient (Wildman–Crippen LogP) is 1.11. The number of rotatable bonds is 5. The van der Waals surface area contributed by atoms with Gasteiger partial charge in [0.05, 0.1) is 12.0 Å². The van der Waals surface area contributed by atoms with Crippen LogP contribution in [0.4, 0.5) is 5.69 Å². The van der Waals surface area contributed by atoms with Crippen LogP contribution in [-0.2, 0) is 0 Å². The molecule has 0 saturated heterocycles. The summed E-state index contributed by atoms with van der Waals surface area (Å²) in [7, 11) is 1.29. The summed E-state index contributed by atoms with van der Waals surface area (Å²) in [6.45, 7) is -0.127. The van der Waals surface area contributed by atoms with E-state index in [0.717, 1.165) is 0 Å². The lowest BCUT2D eigenvalue weighted by Gasteiger charge is -2.12. The van der Waals surface area contributed by atoms with Gasteiger partial charge in [-0.25, -0.2) is 0 Å². The third kappa shape index (κ3) is 3.46. The van der Waals surface area contributed by atoms with Gasteiger partial charge in [-0.3, -0.25) is 10.1 Å². The molecule has 0 spiro atoms. The first-order valence-electron chi connectivity index (χ1n) is 4.93. The highest BCUT2D eigenvalue weighted by atomic mass is 35.5. The summed E-state index contributed by atoms with van der Waals surface area (Å²) in [5.74, 6) is -0.542. The Kier molecular flexibility index (Phi) is 6.39. The average Bonchev–Trinajstić information content (AvgIpc) is 2.29. The number of nitro groups is 1. The summed E-state index contributed by atoms with van der Waals surface area (Å²) < 4.78 is 4.83. The minimum atomic E-state index is -0.715. The number of nitrogens with zero attached hydrogens (tertiary/aromatic N) is 1. The molecule has 0 fully saturated rings. The number of methoxy groups -OCH3 is 1. The first-order valence-corrected chi connectivity index (χ1v) is 4.93. The molecular weight excluding hydrogens is 264 g/mol. The van der Waals surface area contributed by atoms with Crippen LogP contribution in [0.3, 0.4) is 0 Å². The van der Waals surface area contributed by atoms with Crippen LogP contribution in [0.25, 0.3) is 0 Å². The molecule has 0 saturated carbocycles. The second kappa shape index (κ2) is 7.00. The maximum absolute atomic E-state index is 10.7. The minimum Gasteiger partial charge on any atom is -0.500 e. The summed E-state index contributed by atoms with van der Waals surface area (Å²) in [4.78, 5) is 10.0. The number of hydrogen-bond acceptors (Lipinski definition) is 6. The average molecular weight is 279 g/mol. The van der Waals surface area contributed by atoms with Crippen molar-refractivity contribution in [2.24, 2.45) is 5.73 Å². The lowest BCUT2D eigenvalue weighted by Crippen LogP contribution is -2.12. The number of phenolic OH excluding ortho intramolecular Hbond substituents is 1. The number of ether oxygens (including phenoxy) is 1. The van der Waals surface area contributed by atoms with Gasteiger partial charge in [-0.05, 0) is 18.1 Å². The molecule has 0 aliphatic heterocycles. The third-order valence-corrected chi connectivity index (χ3v) is 2.36. The van der Waals surface area contributed by atoms with Crippen molar-refractivity contribution in [1.29, 1.82) is 0 Å². The third-order valence-electron chi connectivity index (χ3n) is 2.36. The zero-order valence-corrected chi connectivity index (χ0v) is 10.5. The van der Waals surface area contributed by atoms with Crippen LogP contribution >= 0.6 is 12.4 Å². The second-order valence-corrected chi connectivity index (χ2v) is 3.47. The van der Waals surface area contributed by atoms with Gasteiger partial charge in [-0.2, -0.15) is 0 Å². The smallest absolute Gasteiger partial charge is 0.314 e. The Bertz CT molecular complexity index is 427. The zero-order chi connectivity index (χ0) is 13.0. The maximum atomic E-state index is 10.7. The number of aromatic hydroxyl groups is 1. The lowest BCUT2D eigenvalue weighted by molar-refractivity contribution is -0.386. The molecule has 1 rings (SSSR count). The van der Waals surface area contributed by atoms with Crippen LogP contribution < -0.4 is 10.5 Å². The van der Waals surface area contributed by atoms with E-state index in [-0.39, 0.29) is 31.2 Å². The van der Waals surface area contributed by atoms with E-state index in [1.54, 1.807) is 0 Å². The molecule has 0 radical (unpaired) electrons. The normalized spacial score (nSPS) is 11.5. The van der Waals surface area contributed by atoms with Gasteiger partial charge in [0.1, 0.15) is 0 Å². The van der Waals surface area contributed by atoms with Crippen molar-refractivity contribution in [3.05, 3.63) is 27.8 Å². The number of nitro benzene ring substituents is 1. The number of benzene rings is 1. The highest BCUT2D eigenvalue weighted by molar-refractivity contribution is 5.85. The van der Waals surface area contributed by atoms with E-state index in [9.17, 15) is 15.2 Å². The number of aliphatic hydroxyl groups is 1. The molecular formula is C10H15ClN2O5. The lowest BCUT2D eigenvalue weighted by atomic mass is 10.0. The molecule has 18 heavy (non-hydrogen) atoms. The van der Waals surface area contributed by atoms with E-state index in [4.69, 9.17) is 15.6 Å². The van der Waals surface area contributed by atoms with E-state index >= 15 is 0 Å². The Morgan fingerprint density at radius 3 is 2.61 bits per heavy atom. The Labute approximate surface area is 110 Å². The Morgan fingerprint density at radius 1 is 1.56 bits per heavy atom. The van der Waals surface area contributed by atoms with Crippen LogP contribution in [0.5, 0.6) is 11.5 Å². The van der Waals surface area contributed by atoms with E-state index in [1.807, 2.05) is 0 Å². The van der Waals surface area contributed by atoms with E-state index in [1.165, 1.54) is 19.2 Å².